The molecule has 2 aromatic carbocycles. The molecule has 0 aliphatic carbocycles. The van der Waals surface area contributed by atoms with Crippen LogP contribution in [0, 0.1) is 11.3 Å². The van der Waals surface area contributed by atoms with Crippen molar-refractivity contribution in [2.45, 2.75) is 26.3 Å². The lowest BCUT2D eigenvalue weighted by atomic mass is 10.0. The Balaban J connectivity index is 1.95. The molecule has 0 spiro atoms. The quantitative estimate of drug-likeness (QED) is 0.589. The molecule has 0 aliphatic rings. The topological polar surface area (TPSA) is 64.9 Å². The lowest BCUT2D eigenvalue weighted by molar-refractivity contribution is -0.117. The average Bonchev–Trinajstić information content (AvgIpc) is 2.62. The van der Waals surface area contributed by atoms with Crippen molar-refractivity contribution in [1.29, 1.82) is 5.26 Å². The number of amides is 1. The van der Waals surface area contributed by atoms with E-state index in [1.54, 1.807) is 12.1 Å². The fourth-order valence-electron chi connectivity index (χ4n) is 2.15. The summed E-state index contributed by atoms with van der Waals surface area (Å²) >= 11 is 5.83. The van der Waals surface area contributed by atoms with Gasteiger partial charge in [0.2, 0.25) is 0 Å². The number of carbonyl (C=O) groups excluding carboxylic acids is 1. The first-order valence-corrected chi connectivity index (χ1v) is 8.37. The van der Waals surface area contributed by atoms with Gasteiger partial charge in [-0.1, -0.05) is 49.7 Å². The third-order valence-corrected chi connectivity index (χ3v) is 3.94. The summed E-state index contributed by atoms with van der Waals surface area (Å²) in [6.45, 7) is 4.58. The van der Waals surface area contributed by atoms with Crippen LogP contribution in [0.5, 0.6) is 0 Å². The maximum absolute atomic E-state index is 12.1. The van der Waals surface area contributed by atoms with E-state index >= 15 is 0 Å². The summed E-state index contributed by atoms with van der Waals surface area (Å²) in [5.74, 6) is 0.0293. The molecule has 4 nitrogen and oxygen atoms in total. The number of halogens is 1. The maximum atomic E-state index is 12.1. The SMILES string of the molecule is CC(C)c1ccc(N/C=C(/C#N)C(=O)NCc2ccc(Cl)cc2)cc1. The summed E-state index contributed by atoms with van der Waals surface area (Å²) in [6, 6.07) is 17.0. The minimum absolute atomic E-state index is 0.0156. The number of anilines is 1. The fraction of sp³-hybridized carbons (Fsp3) is 0.200. The van der Waals surface area contributed by atoms with Gasteiger partial charge in [-0.15, -0.1) is 0 Å². The summed E-state index contributed by atoms with van der Waals surface area (Å²) in [5.41, 5.74) is 2.98. The van der Waals surface area contributed by atoms with Crippen molar-refractivity contribution in [2.75, 3.05) is 5.32 Å². The summed E-state index contributed by atoms with van der Waals surface area (Å²) in [4.78, 5) is 12.1. The molecule has 0 atom stereocenters. The van der Waals surface area contributed by atoms with E-state index < -0.39 is 5.91 Å². The summed E-state index contributed by atoms with van der Waals surface area (Å²) in [7, 11) is 0. The van der Waals surface area contributed by atoms with Crippen LogP contribution in [0.25, 0.3) is 0 Å². The van der Waals surface area contributed by atoms with Gasteiger partial charge in [0.05, 0.1) is 0 Å². The molecule has 2 aromatic rings. The van der Waals surface area contributed by atoms with Crippen LogP contribution >= 0.6 is 11.6 Å². The normalized spacial score (nSPS) is 11.1. The number of nitrogens with one attached hydrogen (secondary N) is 2. The number of carbonyl (C=O) groups is 1. The lowest BCUT2D eigenvalue weighted by Gasteiger charge is -2.08. The molecule has 2 rings (SSSR count). The molecule has 0 saturated carbocycles. The molecule has 0 unspecified atom stereocenters. The molecule has 0 saturated heterocycles. The average molecular weight is 354 g/mol. The number of benzene rings is 2. The van der Waals surface area contributed by atoms with Gasteiger partial charge < -0.3 is 10.6 Å². The van der Waals surface area contributed by atoms with E-state index in [-0.39, 0.29) is 5.57 Å². The fourth-order valence-corrected chi connectivity index (χ4v) is 2.27. The van der Waals surface area contributed by atoms with Gasteiger partial charge in [0.1, 0.15) is 11.6 Å². The number of hydrogen-bond acceptors (Lipinski definition) is 3. The largest absolute Gasteiger partial charge is 0.360 e. The number of rotatable bonds is 6. The van der Waals surface area contributed by atoms with Gasteiger partial charge in [-0.2, -0.15) is 5.26 Å². The second-order valence-electron chi connectivity index (χ2n) is 5.90. The van der Waals surface area contributed by atoms with Gasteiger partial charge in [0.15, 0.2) is 0 Å². The standard InChI is InChI=1S/C20H20ClN3O/c1-14(2)16-5-9-19(10-6-16)23-13-17(11-22)20(25)24-12-15-3-7-18(21)8-4-15/h3-10,13-14,23H,12H2,1-2H3,(H,24,25)/b17-13-. The molecule has 0 bridgehead atoms. The molecule has 0 aliphatic heterocycles. The lowest BCUT2D eigenvalue weighted by Crippen LogP contribution is -2.24. The molecule has 0 aromatic heterocycles. The molecule has 1 amide bonds. The van der Waals surface area contributed by atoms with Gasteiger partial charge in [0, 0.05) is 23.5 Å². The molecule has 128 valence electrons. The minimum atomic E-state index is -0.427. The number of nitriles is 1. The second kappa shape index (κ2) is 8.91. The van der Waals surface area contributed by atoms with Crippen LogP contribution in [-0.4, -0.2) is 5.91 Å². The zero-order valence-electron chi connectivity index (χ0n) is 14.2. The molecular formula is C20H20ClN3O. The van der Waals surface area contributed by atoms with Crippen LogP contribution in [0.3, 0.4) is 0 Å². The summed E-state index contributed by atoms with van der Waals surface area (Å²) < 4.78 is 0. The minimum Gasteiger partial charge on any atom is -0.360 e. The summed E-state index contributed by atoms with van der Waals surface area (Å²) in [5, 5.41) is 15.5. The van der Waals surface area contributed by atoms with Crippen LogP contribution in [0.1, 0.15) is 30.9 Å². The van der Waals surface area contributed by atoms with E-state index in [9.17, 15) is 10.1 Å². The first-order chi connectivity index (χ1) is 12.0. The molecule has 25 heavy (non-hydrogen) atoms. The monoisotopic (exact) mass is 353 g/mol. The Labute approximate surface area is 153 Å². The highest BCUT2D eigenvalue weighted by Gasteiger charge is 2.08. The Hall–Kier alpha value is -2.77. The van der Waals surface area contributed by atoms with Crippen molar-refractivity contribution in [3.8, 4) is 6.07 Å². The van der Waals surface area contributed by atoms with Crippen molar-refractivity contribution >= 4 is 23.2 Å². The first kappa shape index (κ1) is 18.6. The number of hydrogen-bond donors (Lipinski definition) is 2. The Morgan fingerprint density at radius 2 is 1.80 bits per heavy atom. The maximum Gasteiger partial charge on any atom is 0.263 e. The Morgan fingerprint density at radius 3 is 2.36 bits per heavy atom. The smallest absolute Gasteiger partial charge is 0.263 e. The van der Waals surface area contributed by atoms with Crippen molar-refractivity contribution in [3.63, 3.8) is 0 Å². The highest BCUT2D eigenvalue weighted by molar-refractivity contribution is 6.30. The third kappa shape index (κ3) is 5.66. The van der Waals surface area contributed by atoms with E-state index in [0.29, 0.717) is 17.5 Å². The van der Waals surface area contributed by atoms with E-state index in [1.807, 2.05) is 42.5 Å². The zero-order valence-corrected chi connectivity index (χ0v) is 15.0. The Morgan fingerprint density at radius 1 is 1.16 bits per heavy atom. The van der Waals surface area contributed by atoms with Crippen LogP contribution < -0.4 is 10.6 Å². The van der Waals surface area contributed by atoms with E-state index in [0.717, 1.165) is 11.3 Å². The Kier molecular flexibility index (Phi) is 6.62. The molecule has 2 N–H and O–H groups in total. The van der Waals surface area contributed by atoms with Crippen LogP contribution in [0.15, 0.2) is 60.3 Å². The molecule has 0 radical (unpaired) electrons. The highest BCUT2D eigenvalue weighted by Crippen LogP contribution is 2.17. The second-order valence-corrected chi connectivity index (χ2v) is 6.34. The predicted octanol–water partition coefficient (Wildman–Crippen LogP) is 4.60. The van der Waals surface area contributed by atoms with Crippen molar-refractivity contribution in [2.24, 2.45) is 0 Å². The predicted molar refractivity (Wildman–Crippen MR) is 101 cm³/mol. The molecule has 0 heterocycles. The van der Waals surface area contributed by atoms with Gasteiger partial charge in [-0.05, 0) is 41.3 Å². The van der Waals surface area contributed by atoms with E-state index in [1.165, 1.54) is 11.8 Å². The van der Waals surface area contributed by atoms with Crippen molar-refractivity contribution in [3.05, 3.63) is 76.5 Å². The highest BCUT2D eigenvalue weighted by atomic mass is 35.5. The van der Waals surface area contributed by atoms with E-state index in [2.05, 4.69) is 24.5 Å². The first-order valence-electron chi connectivity index (χ1n) is 7.99. The van der Waals surface area contributed by atoms with Crippen molar-refractivity contribution in [1.82, 2.24) is 5.32 Å². The molecule has 5 heteroatoms. The molecular weight excluding hydrogens is 334 g/mol. The summed E-state index contributed by atoms with van der Waals surface area (Å²) in [6.07, 6.45) is 1.42. The van der Waals surface area contributed by atoms with E-state index in [4.69, 9.17) is 11.6 Å². The van der Waals surface area contributed by atoms with Gasteiger partial charge >= 0.3 is 0 Å². The van der Waals surface area contributed by atoms with Gasteiger partial charge in [-0.3, -0.25) is 4.79 Å². The third-order valence-electron chi connectivity index (χ3n) is 3.69. The van der Waals surface area contributed by atoms with Gasteiger partial charge in [0.25, 0.3) is 5.91 Å². The van der Waals surface area contributed by atoms with Gasteiger partial charge in [-0.25, -0.2) is 0 Å². The molecule has 0 fully saturated rings. The van der Waals surface area contributed by atoms with Crippen molar-refractivity contribution < 1.29 is 4.79 Å². The van der Waals surface area contributed by atoms with Crippen LogP contribution in [0.2, 0.25) is 5.02 Å². The Bertz CT molecular complexity index is 787. The zero-order chi connectivity index (χ0) is 18.2. The number of nitrogens with zero attached hydrogens (tertiary/aromatic N) is 1. The van der Waals surface area contributed by atoms with Crippen LogP contribution in [0.4, 0.5) is 5.69 Å². The van der Waals surface area contributed by atoms with Crippen LogP contribution in [-0.2, 0) is 11.3 Å².